The second kappa shape index (κ2) is 4.63. The number of hydrogen-bond acceptors (Lipinski definition) is 2. The highest BCUT2D eigenvalue weighted by atomic mass is 79.9. The van der Waals surface area contributed by atoms with Gasteiger partial charge >= 0.3 is 0 Å². The van der Waals surface area contributed by atoms with Crippen molar-refractivity contribution in [2.24, 2.45) is 5.73 Å². The first-order chi connectivity index (χ1) is 6.13. The number of hydrogen-bond donors (Lipinski definition) is 1. The van der Waals surface area contributed by atoms with Crippen molar-refractivity contribution < 1.29 is 4.74 Å². The highest BCUT2D eigenvalue weighted by Crippen LogP contribution is 2.23. The summed E-state index contributed by atoms with van der Waals surface area (Å²) < 4.78 is 6.22. The second-order valence-electron chi connectivity index (χ2n) is 3.14. The summed E-state index contributed by atoms with van der Waals surface area (Å²) in [4.78, 5) is 0. The van der Waals surface area contributed by atoms with E-state index in [0.29, 0.717) is 0 Å². The minimum absolute atomic E-state index is 0.170. The second-order valence-corrected chi connectivity index (χ2v) is 3.99. The van der Waals surface area contributed by atoms with E-state index in [1.807, 2.05) is 25.1 Å². The standard InChI is InChI=1S/C10H14BrNO/c1-7(12)5-8-6-9(13-2)3-4-10(8)11/h3-4,6-7H,5,12H2,1-2H3. The van der Waals surface area contributed by atoms with E-state index in [4.69, 9.17) is 10.5 Å². The Bertz CT molecular complexity index is 286. The first-order valence-electron chi connectivity index (χ1n) is 4.21. The lowest BCUT2D eigenvalue weighted by Gasteiger charge is -2.09. The minimum Gasteiger partial charge on any atom is -0.497 e. The first kappa shape index (κ1) is 10.5. The fourth-order valence-corrected chi connectivity index (χ4v) is 1.59. The maximum absolute atomic E-state index is 5.72. The van der Waals surface area contributed by atoms with Crippen molar-refractivity contribution in [2.75, 3.05) is 7.11 Å². The topological polar surface area (TPSA) is 35.2 Å². The van der Waals surface area contributed by atoms with Crippen molar-refractivity contribution in [1.82, 2.24) is 0 Å². The first-order valence-corrected chi connectivity index (χ1v) is 5.00. The van der Waals surface area contributed by atoms with Crippen LogP contribution in [0.2, 0.25) is 0 Å². The highest BCUT2D eigenvalue weighted by molar-refractivity contribution is 9.10. The molecular formula is C10H14BrNO. The molecule has 1 unspecified atom stereocenters. The molecule has 0 aromatic heterocycles. The van der Waals surface area contributed by atoms with Crippen molar-refractivity contribution in [2.45, 2.75) is 19.4 Å². The zero-order chi connectivity index (χ0) is 9.84. The summed E-state index contributed by atoms with van der Waals surface area (Å²) in [5.41, 5.74) is 6.91. The van der Waals surface area contributed by atoms with Gasteiger partial charge in [-0.1, -0.05) is 15.9 Å². The molecule has 1 rings (SSSR count). The van der Waals surface area contributed by atoms with E-state index in [0.717, 1.165) is 16.6 Å². The molecule has 0 spiro atoms. The Balaban J connectivity index is 2.90. The number of rotatable bonds is 3. The number of methoxy groups -OCH3 is 1. The molecule has 0 saturated heterocycles. The Morgan fingerprint density at radius 2 is 2.23 bits per heavy atom. The third kappa shape index (κ3) is 3.01. The van der Waals surface area contributed by atoms with Crippen LogP contribution in [0.25, 0.3) is 0 Å². The Morgan fingerprint density at radius 1 is 1.54 bits per heavy atom. The smallest absolute Gasteiger partial charge is 0.119 e. The molecule has 0 fully saturated rings. The molecule has 0 aliphatic carbocycles. The van der Waals surface area contributed by atoms with Crippen LogP contribution in [0.4, 0.5) is 0 Å². The molecule has 3 heteroatoms. The summed E-state index contributed by atoms with van der Waals surface area (Å²) in [6, 6.07) is 6.09. The van der Waals surface area contributed by atoms with E-state index >= 15 is 0 Å². The molecule has 0 aliphatic heterocycles. The molecule has 13 heavy (non-hydrogen) atoms. The molecule has 0 amide bonds. The zero-order valence-electron chi connectivity index (χ0n) is 7.88. The van der Waals surface area contributed by atoms with Gasteiger partial charge in [0.05, 0.1) is 7.11 Å². The Morgan fingerprint density at radius 3 is 2.77 bits per heavy atom. The molecule has 2 nitrogen and oxygen atoms in total. The van der Waals surface area contributed by atoms with E-state index < -0.39 is 0 Å². The van der Waals surface area contributed by atoms with E-state index in [9.17, 15) is 0 Å². The average Bonchev–Trinajstić information content (AvgIpc) is 2.08. The molecule has 72 valence electrons. The lowest BCUT2D eigenvalue weighted by Crippen LogP contribution is -2.18. The van der Waals surface area contributed by atoms with Crippen LogP contribution in [-0.4, -0.2) is 13.2 Å². The molecular weight excluding hydrogens is 230 g/mol. The van der Waals surface area contributed by atoms with Crippen LogP contribution in [0.15, 0.2) is 22.7 Å². The summed E-state index contributed by atoms with van der Waals surface area (Å²) in [7, 11) is 1.67. The summed E-state index contributed by atoms with van der Waals surface area (Å²) in [6.45, 7) is 1.99. The van der Waals surface area contributed by atoms with Crippen molar-refractivity contribution in [3.8, 4) is 5.75 Å². The van der Waals surface area contributed by atoms with Crippen LogP contribution in [0.5, 0.6) is 5.75 Å². The van der Waals surface area contributed by atoms with Gasteiger partial charge in [0.15, 0.2) is 0 Å². The van der Waals surface area contributed by atoms with Gasteiger partial charge < -0.3 is 10.5 Å². The third-order valence-electron chi connectivity index (χ3n) is 1.79. The van der Waals surface area contributed by atoms with Crippen molar-refractivity contribution in [3.05, 3.63) is 28.2 Å². The van der Waals surface area contributed by atoms with Crippen LogP contribution in [-0.2, 0) is 6.42 Å². The normalized spacial score (nSPS) is 12.6. The lowest BCUT2D eigenvalue weighted by atomic mass is 10.1. The maximum Gasteiger partial charge on any atom is 0.119 e. The van der Waals surface area contributed by atoms with Crippen LogP contribution in [0, 0.1) is 0 Å². The van der Waals surface area contributed by atoms with Gasteiger partial charge in [0.25, 0.3) is 0 Å². The fourth-order valence-electron chi connectivity index (χ4n) is 1.18. The van der Waals surface area contributed by atoms with Crippen LogP contribution >= 0.6 is 15.9 Å². The monoisotopic (exact) mass is 243 g/mol. The number of nitrogens with two attached hydrogens (primary N) is 1. The molecule has 0 saturated carbocycles. The molecule has 1 aromatic carbocycles. The van der Waals surface area contributed by atoms with Crippen molar-refractivity contribution in [3.63, 3.8) is 0 Å². The molecule has 1 atom stereocenters. The highest BCUT2D eigenvalue weighted by Gasteiger charge is 2.04. The van der Waals surface area contributed by atoms with E-state index in [-0.39, 0.29) is 6.04 Å². The average molecular weight is 244 g/mol. The number of halogens is 1. The summed E-state index contributed by atoms with van der Waals surface area (Å²) in [5.74, 6) is 0.874. The van der Waals surface area contributed by atoms with Crippen LogP contribution in [0.1, 0.15) is 12.5 Å². The van der Waals surface area contributed by atoms with Gasteiger partial charge in [-0.3, -0.25) is 0 Å². The van der Waals surface area contributed by atoms with Crippen molar-refractivity contribution in [1.29, 1.82) is 0 Å². The predicted molar refractivity (Wildman–Crippen MR) is 58.0 cm³/mol. The van der Waals surface area contributed by atoms with Gasteiger partial charge in [-0.25, -0.2) is 0 Å². The van der Waals surface area contributed by atoms with Gasteiger partial charge in [0.1, 0.15) is 5.75 Å². The quantitative estimate of drug-likeness (QED) is 0.885. The molecule has 1 aromatic rings. The van der Waals surface area contributed by atoms with Crippen molar-refractivity contribution >= 4 is 15.9 Å². The van der Waals surface area contributed by atoms with E-state index in [1.54, 1.807) is 7.11 Å². The summed E-state index contributed by atoms with van der Waals surface area (Å²) in [5, 5.41) is 0. The summed E-state index contributed by atoms with van der Waals surface area (Å²) >= 11 is 3.48. The zero-order valence-corrected chi connectivity index (χ0v) is 9.47. The molecule has 0 radical (unpaired) electrons. The predicted octanol–water partition coefficient (Wildman–Crippen LogP) is 2.35. The fraction of sp³-hybridized carbons (Fsp3) is 0.400. The minimum atomic E-state index is 0.170. The van der Waals surface area contributed by atoms with Gasteiger partial charge in [-0.05, 0) is 37.1 Å². The largest absolute Gasteiger partial charge is 0.497 e. The Kier molecular flexibility index (Phi) is 3.75. The van der Waals surface area contributed by atoms with Gasteiger partial charge in [0, 0.05) is 10.5 Å². The van der Waals surface area contributed by atoms with E-state index in [1.165, 1.54) is 5.56 Å². The van der Waals surface area contributed by atoms with Gasteiger partial charge in [0.2, 0.25) is 0 Å². The number of benzene rings is 1. The molecule has 0 aliphatic rings. The maximum atomic E-state index is 5.72. The van der Waals surface area contributed by atoms with Gasteiger partial charge in [-0.2, -0.15) is 0 Å². The van der Waals surface area contributed by atoms with Crippen LogP contribution in [0.3, 0.4) is 0 Å². The van der Waals surface area contributed by atoms with Gasteiger partial charge in [-0.15, -0.1) is 0 Å². The SMILES string of the molecule is COc1ccc(Br)c(CC(C)N)c1. The molecule has 0 heterocycles. The molecule has 0 bridgehead atoms. The Hall–Kier alpha value is -0.540. The number of ether oxygens (including phenoxy) is 1. The lowest BCUT2D eigenvalue weighted by molar-refractivity contribution is 0.414. The summed E-state index contributed by atoms with van der Waals surface area (Å²) in [6.07, 6.45) is 0.859. The van der Waals surface area contributed by atoms with E-state index in [2.05, 4.69) is 15.9 Å². The third-order valence-corrected chi connectivity index (χ3v) is 2.57. The molecule has 2 N–H and O–H groups in total. The van der Waals surface area contributed by atoms with Crippen LogP contribution < -0.4 is 10.5 Å². The Labute approximate surface area is 87.2 Å².